The summed E-state index contributed by atoms with van der Waals surface area (Å²) >= 11 is 3.47. The first-order valence-electron chi connectivity index (χ1n) is 6.97. The minimum Gasteiger partial charge on any atom is -0.0834 e. The third-order valence-electron chi connectivity index (χ3n) is 3.10. The summed E-state index contributed by atoms with van der Waals surface area (Å²) < 4.78 is 1.11. The van der Waals surface area contributed by atoms with E-state index in [0.717, 1.165) is 10.9 Å². The van der Waals surface area contributed by atoms with E-state index in [-0.39, 0.29) is 0 Å². The standard InChI is InChI=1S/C19H21Br/c1-19(2,3)13-5-7-15-6-4-8-17(14-15)16-9-11-18(20)12-10-16/h4-12,14H,13H2,1-3H3/b7-5+. The zero-order valence-corrected chi connectivity index (χ0v) is 13.9. The van der Waals surface area contributed by atoms with Gasteiger partial charge in [0.15, 0.2) is 0 Å². The lowest BCUT2D eigenvalue weighted by atomic mass is 9.92. The molecule has 0 N–H and O–H groups in total. The molecule has 0 unspecified atom stereocenters. The Labute approximate surface area is 130 Å². The summed E-state index contributed by atoms with van der Waals surface area (Å²) in [7, 11) is 0. The molecule has 2 aromatic rings. The van der Waals surface area contributed by atoms with Gasteiger partial charge in [-0.2, -0.15) is 0 Å². The van der Waals surface area contributed by atoms with Crippen LogP contribution in [0.1, 0.15) is 32.8 Å². The van der Waals surface area contributed by atoms with E-state index >= 15 is 0 Å². The van der Waals surface area contributed by atoms with E-state index in [0.29, 0.717) is 5.41 Å². The lowest BCUT2D eigenvalue weighted by Gasteiger charge is -2.14. The lowest BCUT2D eigenvalue weighted by Crippen LogP contribution is -2.01. The lowest BCUT2D eigenvalue weighted by molar-refractivity contribution is 0.421. The average Bonchev–Trinajstić information content (AvgIpc) is 2.38. The van der Waals surface area contributed by atoms with Crippen LogP contribution in [0.3, 0.4) is 0 Å². The van der Waals surface area contributed by atoms with Crippen LogP contribution in [0.5, 0.6) is 0 Å². The molecule has 0 fully saturated rings. The van der Waals surface area contributed by atoms with Gasteiger partial charge in [0.25, 0.3) is 0 Å². The molecule has 0 saturated heterocycles. The van der Waals surface area contributed by atoms with Crippen molar-refractivity contribution in [1.29, 1.82) is 0 Å². The Morgan fingerprint density at radius 3 is 2.30 bits per heavy atom. The first-order chi connectivity index (χ1) is 9.44. The molecule has 104 valence electrons. The van der Waals surface area contributed by atoms with Crippen molar-refractivity contribution in [1.82, 2.24) is 0 Å². The molecule has 0 spiro atoms. The molecule has 2 rings (SSSR count). The smallest absolute Gasteiger partial charge is 0.0175 e. The summed E-state index contributed by atoms with van der Waals surface area (Å²) in [5.41, 5.74) is 4.11. The minimum atomic E-state index is 0.347. The molecule has 0 saturated carbocycles. The Balaban J connectivity index is 2.18. The summed E-state index contributed by atoms with van der Waals surface area (Å²) in [5.74, 6) is 0. The molecule has 0 aromatic heterocycles. The normalized spacial score (nSPS) is 12.0. The van der Waals surface area contributed by atoms with Gasteiger partial charge in [-0.1, -0.05) is 79.2 Å². The van der Waals surface area contributed by atoms with Gasteiger partial charge in [0.2, 0.25) is 0 Å². The highest BCUT2D eigenvalue weighted by Gasteiger charge is 2.06. The van der Waals surface area contributed by atoms with Crippen LogP contribution in [-0.2, 0) is 0 Å². The quantitative estimate of drug-likeness (QED) is 0.598. The van der Waals surface area contributed by atoms with Crippen LogP contribution >= 0.6 is 15.9 Å². The molecular weight excluding hydrogens is 308 g/mol. The van der Waals surface area contributed by atoms with Gasteiger partial charge in [-0.25, -0.2) is 0 Å². The SMILES string of the molecule is CC(C)(C)C/C=C/c1cccc(-c2ccc(Br)cc2)c1. The van der Waals surface area contributed by atoms with E-state index in [2.05, 4.69) is 97.4 Å². The van der Waals surface area contributed by atoms with Gasteiger partial charge >= 0.3 is 0 Å². The third-order valence-corrected chi connectivity index (χ3v) is 3.63. The van der Waals surface area contributed by atoms with Gasteiger partial charge in [-0.15, -0.1) is 0 Å². The van der Waals surface area contributed by atoms with Gasteiger partial charge in [0.1, 0.15) is 0 Å². The molecule has 20 heavy (non-hydrogen) atoms. The first kappa shape index (κ1) is 15.1. The van der Waals surface area contributed by atoms with Crippen LogP contribution < -0.4 is 0 Å². The topological polar surface area (TPSA) is 0 Å². The second-order valence-electron chi connectivity index (χ2n) is 6.30. The molecule has 0 aliphatic heterocycles. The van der Waals surface area contributed by atoms with Gasteiger partial charge < -0.3 is 0 Å². The van der Waals surface area contributed by atoms with Gasteiger partial charge in [-0.05, 0) is 46.7 Å². The number of benzene rings is 2. The van der Waals surface area contributed by atoms with Crippen LogP contribution in [0, 0.1) is 5.41 Å². The van der Waals surface area contributed by atoms with Crippen molar-refractivity contribution >= 4 is 22.0 Å². The third kappa shape index (κ3) is 4.64. The number of rotatable bonds is 3. The fourth-order valence-electron chi connectivity index (χ4n) is 2.01. The monoisotopic (exact) mass is 328 g/mol. The molecule has 0 radical (unpaired) electrons. The second kappa shape index (κ2) is 6.41. The van der Waals surface area contributed by atoms with Gasteiger partial charge in [0, 0.05) is 4.47 Å². The van der Waals surface area contributed by atoms with Crippen LogP contribution in [-0.4, -0.2) is 0 Å². The Morgan fingerprint density at radius 2 is 1.65 bits per heavy atom. The summed E-state index contributed by atoms with van der Waals surface area (Å²) in [6.45, 7) is 6.78. The average molecular weight is 329 g/mol. The number of hydrogen-bond acceptors (Lipinski definition) is 0. The summed E-state index contributed by atoms with van der Waals surface area (Å²) in [4.78, 5) is 0. The Kier molecular flexibility index (Phi) is 4.82. The zero-order valence-electron chi connectivity index (χ0n) is 12.4. The molecule has 1 heteroatoms. The molecule has 0 nitrogen and oxygen atoms in total. The van der Waals surface area contributed by atoms with Crippen molar-refractivity contribution in [2.75, 3.05) is 0 Å². The minimum absolute atomic E-state index is 0.347. The highest BCUT2D eigenvalue weighted by Crippen LogP contribution is 2.24. The van der Waals surface area contributed by atoms with Crippen molar-refractivity contribution in [2.45, 2.75) is 27.2 Å². The fraction of sp³-hybridized carbons (Fsp3) is 0.263. The highest BCUT2D eigenvalue weighted by atomic mass is 79.9. The van der Waals surface area contributed by atoms with E-state index in [1.807, 2.05) is 0 Å². The zero-order chi connectivity index (χ0) is 14.6. The Hall–Kier alpha value is -1.34. The number of hydrogen-bond donors (Lipinski definition) is 0. The van der Waals surface area contributed by atoms with E-state index in [4.69, 9.17) is 0 Å². The van der Waals surface area contributed by atoms with Crippen LogP contribution in [0.15, 0.2) is 59.1 Å². The van der Waals surface area contributed by atoms with Gasteiger partial charge in [-0.3, -0.25) is 0 Å². The number of allylic oxidation sites excluding steroid dienone is 1. The Morgan fingerprint density at radius 1 is 0.950 bits per heavy atom. The van der Waals surface area contributed by atoms with Crippen LogP contribution in [0.25, 0.3) is 17.2 Å². The fourth-order valence-corrected chi connectivity index (χ4v) is 2.28. The maximum atomic E-state index is 3.47. The van der Waals surface area contributed by atoms with E-state index in [9.17, 15) is 0 Å². The van der Waals surface area contributed by atoms with Crippen molar-refractivity contribution < 1.29 is 0 Å². The van der Waals surface area contributed by atoms with Crippen molar-refractivity contribution in [3.63, 3.8) is 0 Å². The molecule has 0 amide bonds. The molecule has 2 aromatic carbocycles. The van der Waals surface area contributed by atoms with Crippen molar-refractivity contribution in [3.8, 4) is 11.1 Å². The summed E-state index contributed by atoms with van der Waals surface area (Å²) in [6, 6.07) is 17.1. The predicted molar refractivity (Wildman–Crippen MR) is 92.7 cm³/mol. The Bertz CT molecular complexity index is 586. The summed E-state index contributed by atoms with van der Waals surface area (Å²) in [6.07, 6.45) is 5.57. The first-order valence-corrected chi connectivity index (χ1v) is 7.76. The van der Waals surface area contributed by atoms with E-state index in [1.165, 1.54) is 16.7 Å². The van der Waals surface area contributed by atoms with Crippen LogP contribution in [0.4, 0.5) is 0 Å². The molecule has 0 aliphatic carbocycles. The highest BCUT2D eigenvalue weighted by molar-refractivity contribution is 9.10. The van der Waals surface area contributed by atoms with Gasteiger partial charge in [0.05, 0.1) is 0 Å². The van der Waals surface area contributed by atoms with E-state index in [1.54, 1.807) is 0 Å². The maximum Gasteiger partial charge on any atom is 0.0175 e. The largest absolute Gasteiger partial charge is 0.0834 e. The van der Waals surface area contributed by atoms with Crippen molar-refractivity contribution in [3.05, 3.63) is 64.6 Å². The number of halogens is 1. The van der Waals surface area contributed by atoms with Crippen molar-refractivity contribution in [2.24, 2.45) is 5.41 Å². The molecule has 0 aliphatic rings. The molecule has 0 bridgehead atoms. The maximum absolute atomic E-state index is 3.47. The van der Waals surface area contributed by atoms with E-state index < -0.39 is 0 Å². The summed E-state index contributed by atoms with van der Waals surface area (Å²) in [5, 5.41) is 0. The molecule has 0 heterocycles. The predicted octanol–water partition coefficient (Wildman–Crippen LogP) is 6.57. The molecular formula is C19H21Br. The second-order valence-corrected chi connectivity index (χ2v) is 7.22. The molecule has 0 atom stereocenters. The van der Waals surface area contributed by atoms with Crippen LogP contribution in [0.2, 0.25) is 0 Å².